The van der Waals surface area contributed by atoms with Crippen molar-refractivity contribution < 1.29 is 28.8 Å². The highest BCUT2D eigenvalue weighted by Gasteiger charge is 2.45. The molecular formula is C48H49N9O6S. The third kappa shape index (κ3) is 10.4. The van der Waals surface area contributed by atoms with Crippen molar-refractivity contribution in [1.82, 2.24) is 35.0 Å². The molecule has 3 N–H and O–H groups in total. The number of benzene rings is 3. The molecule has 0 aliphatic carbocycles. The van der Waals surface area contributed by atoms with Gasteiger partial charge in [0.05, 0.1) is 16.8 Å². The second-order valence-corrected chi connectivity index (χ2v) is 17.2. The molecule has 2 aromatic heterocycles. The fourth-order valence-electron chi connectivity index (χ4n) is 8.10. The number of thioether (sulfide) groups is 1. The topological polar surface area (TPSA) is 187 Å². The quantitative estimate of drug-likeness (QED) is 0.0547. The van der Waals surface area contributed by atoms with Gasteiger partial charge in [0.1, 0.15) is 6.04 Å². The Balaban J connectivity index is 0.724. The van der Waals surface area contributed by atoms with E-state index >= 15 is 0 Å². The summed E-state index contributed by atoms with van der Waals surface area (Å²) in [4.78, 5) is 96.0. The standard InChI is InChI=1S/C48H49N9O6S/c1-31-12-17-35(28-38(31)53-48-50-22-20-37(52-48)34-8-7-21-49-29-34)51-44(60)33-15-13-32(14-16-33)30-55-23-25-56(26-24-55)42(59)11-4-2-3-5-27-64-40-10-6-9-36-43(40)47(63)57(46(36)62)39-18-19-41(58)54-45(39)61/h6-10,12-17,20-22,28-29,39H,2-5,11,18-19,23-27,30H2,1H3,(H,51,60)(H,50,52,53)(H,54,58,61). The minimum absolute atomic E-state index is 0.0792. The molecule has 3 aromatic carbocycles. The van der Waals surface area contributed by atoms with E-state index in [4.69, 9.17) is 0 Å². The van der Waals surface area contributed by atoms with Crippen molar-refractivity contribution >= 4 is 64.5 Å². The second kappa shape index (κ2) is 20.2. The highest BCUT2D eigenvalue weighted by molar-refractivity contribution is 7.99. The minimum Gasteiger partial charge on any atom is -0.340 e. The average molecular weight is 880 g/mol. The summed E-state index contributed by atoms with van der Waals surface area (Å²) in [5.41, 5.74) is 6.28. The number of piperidine rings is 1. The Morgan fingerprint density at radius 3 is 2.45 bits per heavy atom. The summed E-state index contributed by atoms with van der Waals surface area (Å²) in [7, 11) is 0. The third-order valence-corrected chi connectivity index (χ3v) is 12.8. The Morgan fingerprint density at radius 1 is 0.859 bits per heavy atom. The lowest BCUT2D eigenvalue weighted by Crippen LogP contribution is -2.54. The van der Waals surface area contributed by atoms with E-state index < -0.39 is 29.7 Å². The number of anilines is 3. The smallest absolute Gasteiger partial charge is 0.263 e. The van der Waals surface area contributed by atoms with Gasteiger partial charge in [-0.25, -0.2) is 9.97 Å². The van der Waals surface area contributed by atoms with Crippen LogP contribution in [0.2, 0.25) is 0 Å². The first-order valence-corrected chi connectivity index (χ1v) is 22.6. The molecular weight excluding hydrogens is 831 g/mol. The van der Waals surface area contributed by atoms with Crippen LogP contribution in [0.4, 0.5) is 17.3 Å². The molecule has 16 heteroatoms. The molecule has 1 atom stereocenters. The van der Waals surface area contributed by atoms with Crippen LogP contribution in [0.3, 0.4) is 0 Å². The van der Waals surface area contributed by atoms with Gasteiger partial charge in [-0.15, -0.1) is 11.8 Å². The van der Waals surface area contributed by atoms with Gasteiger partial charge >= 0.3 is 0 Å². The first-order valence-electron chi connectivity index (χ1n) is 21.6. The third-order valence-electron chi connectivity index (χ3n) is 11.7. The number of nitrogens with zero attached hydrogens (tertiary/aromatic N) is 6. The zero-order valence-corrected chi connectivity index (χ0v) is 36.4. The molecule has 328 valence electrons. The van der Waals surface area contributed by atoms with Gasteiger partial charge < -0.3 is 15.5 Å². The number of imide groups is 2. The molecule has 15 nitrogen and oxygen atoms in total. The number of amides is 6. The lowest BCUT2D eigenvalue weighted by molar-refractivity contribution is -0.136. The maximum atomic E-state index is 13.4. The van der Waals surface area contributed by atoms with Crippen LogP contribution in [-0.4, -0.2) is 103 Å². The molecule has 8 rings (SSSR count). The fourth-order valence-corrected chi connectivity index (χ4v) is 9.19. The molecule has 1 unspecified atom stereocenters. The Morgan fingerprint density at radius 2 is 1.67 bits per heavy atom. The van der Waals surface area contributed by atoms with E-state index in [1.165, 1.54) is 11.8 Å². The molecule has 5 aromatic rings. The number of pyridine rings is 1. The number of fused-ring (bicyclic) bond motifs is 1. The molecule has 3 aliphatic rings. The largest absolute Gasteiger partial charge is 0.340 e. The lowest BCUT2D eigenvalue weighted by atomic mass is 10.0. The molecule has 0 saturated carbocycles. The van der Waals surface area contributed by atoms with Crippen LogP contribution < -0.4 is 16.0 Å². The predicted octanol–water partition coefficient (Wildman–Crippen LogP) is 6.63. The van der Waals surface area contributed by atoms with Gasteiger partial charge in [-0.3, -0.25) is 48.9 Å². The van der Waals surface area contributed by atoms with Crippen LogP contribution in [0.25, 0.3) is 11.3 Å². The zero-order chi connectivity index (χ0) is 44.6. The summed E-state index contributed by atoms with van der Waals surface area (Å²) in [6.07, 6.45) is 9.40. The van der Waals surface area contributed by atoms with Gasteiger partial charge in [-0.05, 0) is 97.7 Å². The van der Waals surface area contributed by atoms with Gasteiger partial charge in [0.15, 0.2) is 0 Å². The van der Waals surface area contributed by atoms with Crippen LogP contribution >= 0.6 is 11.8 Å². The van der Waals surface area contributed by atoms with Crippen LogP contribution in [0, 0.1) is 6.92 Å². The summed E-state index contributed by atoms with van der Waals surface area (Å²) in [6.45, 7) is 5.60. The Hall–Kier alpha value is -6.78. The first kappa shape index (κ1) is 43.9. The molecule has 6 amide bonds. The number of aromatic nitrogens is 3. The molecule has 64 heavy (non-hydrogen) atoms. The maximum absolute atomic E-state index is 13.4. The number of rotatable bonds is 16. The lowest BCUT2D eigenvalue weighted by Gasteiger charge is -2.35. The Bertz CT molecular complexity index is 2570. The van der Waals surface area contributed by atoms with Crippen molar-refractivity contribution in [1.29, 1.82) is 0 Å². The van der Waals surface area contributed by atoms with Gasteiger partial charge in [0, 0.05) is 91.6 Å². The highest BCUT2D eigenvalue weighted by Crippen LogP contribution is 2.35. The molecule has 0 bridgehead atoms. The van der Waals surface area contributed by atoms with E-state index in [0.717, 1.165) is 84.0 Å². The first-order chi connectivity index (χ1) is 31.1. The SMILES string of the molecule is Cc1ccc(NC(=O)c2ccc(CN3CCN(C(=O)CCCCCCSc4cccc5c4C(=O)N(C4CCC(=O)NC4=O)C5=O)CC3)cc2)cc1Nc1nccc(-c2cccnc2)n1. The van der Waals surface area contributed by atoms with E-state index in [1.54, 1.807) is 30.7 Å². The van der Waals surface area contributed by atoms with Crippen molar-refractivity contribution in [2.45, 2.75) is 69.4 Å². The molecule has 0 spiro atoms. The van der Waals surface area contributed by atoms with E-state index in [1.807, 2.05) is 78.6 Å². The van der Waals surface area contributed by atoms with Gasteiger partial charge in [-0.2, -0.15) is 0 Å². The summed E-state index contributed by atoms with van der Waals surface area (Å²) in [6, 6.07) is 23.1. The van der Waals surface area contributed by atoms with E-state index in [2.05, 4.69) is 35.8 Å². The summed E-state index contributed by atoms with van der Waals surface area (Å²) >= 11 is 1.51. The normalized spacial score (nSPS) is 16.4. The average Bonchev–Trinajstić information content (AvgIpc) is 3.56. The highest BCUT2D eigenvalue weighted by atomic mass is 32.2. The maximum Gasteiger partial charge on any atom is 0.263 e. The van der Waals surface area contributed by atoms with Gasteiger partial charge in [0.2, 0.25) is 23.7 Å². The van der Waals surface area contributed by atoms with E-state index in [9.17, 15) is 28.8 Å². The van der Waals surface area contributed by atoms with Crippen LogP contribution in [-0.2, 0) is 20.9 Å². The van der Waals surface area contributed by atoms with Crippen molar-refractivity contribution in [3.8, 4) is 11.3 Å². The molecule has 3 aliphatic heterocycles. The second-order valence-electron chi connectivity index (χ2n) is 16.1. The van der Waals surface area contributed by atoms with E-state index in [-0.39, 0.29) is 30.2 Å². The van der Waals surface area contributed by atoms with Crippen LogP contribution in [0.1, 0.15) is 87.1 Å². The van der Waals surface area contributed by atoms with Crippen LogP contribution in [0.15, 0.2) is 102 Å². The van der Waals surface area contributed by atoms with Crippen LogP contribution in [0.5, 0.6) is 0 Å². The van der Waals surface area contributed by atoms with Crippen molar-refractivity contribution in [3.05, 3.63) is 125 Å². The summed E-state index contributed by atoms with van der Waals surface area (Å²) in [5.74, 6) is -0.874. The molecule has 0 radical (unpaired) electrons. The molecule has 2 saturated heterocycles. The zero-order valence-electron chi connectivity index (χ0n) is 35.5. The van der Waals surface area contributed by atoms with Crippen molar-refractivity contribution in [2.24, 2.45) is 0 Å². The number of unbranched alkanes of at least 4 members (excludes halogenated alkanes) is 3. The Labute approximate surface area is 375 Å². The monoisotopic (exact) mass is 879 g/mol. The minimum atomic E-state index is -0.988. The number of carbonyl (C=O) groups excluding carboxylic acids is 6. The number of carbonyl (C=O) groups is 6. The number of piperazine rings is 1. The molecule has 2 fully saturated rings. The number of hydrogen-bond donors (Lipinski definition) is 3. The van der Waals surface area contributed by atoms with Gasteiger partial charge in [-0.1, -0.05) is 37.1 Å². The Kier molecular flexibility index (Phi) is 13.8. The van der Waals surface area contributed by atoms with Gasteiger partial charge in [0.25, 0.3) is 17.7 Å². The predicted molar refractivity (Wildman–Crippen MR) is 243 cm³/mol. The number of nitrogens with one attached hydrogen (secondary N) is 3. The van der Waals surface area contributed by atoms with E-state index in [0.29, 0.717) is 47.2 Å². The summed E-state index contributed by atoms with van der Waals surface area (Å²) < 4.78 is 0. The van der Waals surface area contributed by atoms with Crippen molar-refractivity contribution in [3.63, 3.8) is 0 Å². The van der Waals surface area contributed by atoms with Crippen molar-refractivity contribution in [2.75, 3.05) is 42.6 Å². The molecule has 5 heterocycles. The fraction of sp³-hybridized carbons (Fsp3) is 0.312. The number of aryl methyl sites for hydroxylation is 1. The number of hydrogen-bond acceptors (Lipinski definition) is 12. The summed E-state index contributed by atoms with van der Waals surface area (Å²) in [5, 5.41) is 8.52.